The zero-order valence-electron chi connectivity index (χ0n) is 32.3. The van der Waals surface area contributed by atoms with Gasteiger partial charge in [0.1, 0.15) is 49.4 Å². The first-order valence-corrected chi connectivity index (χ1v) is 19.1. The van der Waals surface area contributed by atoms with Crippen molar-refractivity contribution in [2.45, 2.75) is 0 Å². The van der Waals surface area contributed by atoms with E-state index < -0.39 is 24.0 Å². The molecule has 10 rings (SSSR count). The molecule has 4 N–H and O–H groups in total. The zero-order chi connectivity index (χ0) is 40.5. The standard InChI is InChI=1S/C38H56N6O13/c45-35(46)29-41-11-15-43-16-12-42(30-36(47)48)14-18-44(17-13-41)38(50)40-10-20-55-32-3-7-34(8-4-32)57-28-26-53-24-22-51-21-23-52-25-27-56-33-5-1-31(2-6-33)54-19-9-39-37(43)49/h1-8H,9-30H2,(H,39,49)(H,40,50)(H,45,46)(H,47,48). The number of carboxylic acid groups (broad SMARTS) is 2. The summed E-state index contributed by atoms with van der Waals surface area (Å²) in [6.07, 6.45) is 0. The molecule has 8 aliphatic rings. The van der Waals surface area contributed by atoms with E-state index in [4.69, 9.17) is 33.2 Å². The normalized spacial score (nSPS) is 19.4. The Morgan fingerprint density at radius 2 is 0.737 bits per heavy atom. The van der Waals surface area contributed by atoms with Gasteiger partial charge in [-0.15, -0.1) is 0 Å². The van der Waals surface area contributed by atoms with Crippen molar-refractivity contribution in [1.29, 1.82) is 0 Å². The van der Waals surface area contributed by atoms with Crippen molar-refractivity contribution in [3.63, 3.8) is 0 Å². The molecule has 0 spiro atoms. The Hall–Kier alpha value is -5.08. The molecule has 19 heteroatoms. The molecule has 4 amide bonds. The summed E-state index contributed by atoms with van der Waals surface area (Å²) in [5.41, 5.74) is 0. The molecule has 19 nitrogen and oxygen atoms in total. The van der Waals surface area contributed by atoms with Gasteiger partial charge in [0.2, 0.25) is 0 Å². The molecule has 8 heterocycles. The third kappa shape index (κ3) is 18.6. The van der Waals surface area contributed by atoms with Crippen molar-refractivity contribution in [2.24, 2.45) is 0 Å². The summed E-state index contributed by atoms with van der Waals surface area (Å²) in [5.74, 6) is 0.393. The molecule has 1 fully saturated rings. The second kappa shape index (κ2) is 26.0. The molecule has 1 saturated heterocycles. The second-order valence-corrected chi connectivity index (χ2v) is 13.0. The number of carbonyl (C=O) groups is 4. The van der Waals surface area contributed by atoms with Crippen molar-refractivity contribution in [1.82, 2.24) is 30.2 Å². The minimum absolute atomic E-state index is 0.173. The SMILES string of the molecule is O=C(O)CN1CCN2CCN(CC(=O)O)CCN(CC1)C(=O)NCCOc1ccc(cc1)OCCOCCOCCOCCOc1ccc(cc1)OCCNC2=O. The molecule has 6 bridgehead atoms. The Morgan fingerprint density at radius 1 is 0.456 bits per heavy atom. The summed E-state index contributed by atoms with van der Waals surface area (Å²) >= 11 is 0. The van der Waals surface area contributed by atoms with Gasteiger partial charge in [-0.3, -0.25) is 19.4 Å². The minimum atomic E-state index is -1.04. The first kappa shape index (κ1) is 44.6. The minimum Gasteiger partial charge on any atom is -0.492 e. The maximum Gasteiger partial charge on any atom is 0.317 e. The quantitative estimate of drug-likeness (QED) is 0.337. The maximum atomic E-state index is 13.3. The molecule has 57 heavy (non-hydrogen) atoms. The van der Waals surface area contributed by atoms with Gasteiger partial charge in [-0.05, 0) is 48.5 Å². The summed E-state index contributed by atoms with van der Waals surface area (Å²) in [4.78, 5) is 56.5. The molecule has 0 saturated carbocycles. The van der Waals surface area contributed by atoms with E-state index in [1.54, 1.807) is 58.3 Å². The van der Waals surface area contributed by atoms with Gasteiger partial charge in [0.25, 0.3) is 0 Å². The fourth-order valence-electron chi connectivity index (χ4n) is 5.72. The van der Waals surface area contributed by atoms with E-state index in [1.807, 2.05) is 0 Å². The van der Waals surface area contributed by atoms with Gasteiger partial charge in [0.05, 0.1) is 65.8 Å². The van der Waals surface area contributed by atoms with Crippen LogP contribution in [0.3, 0.4) is 0 Å². The van der Waals surface area contributed by atoms with Crippen LogP contribution in [0.1, 0.15) is 0 Å². The van der Waals surface area contributed by atoms with Gasteiger partial charge in [-0.1, -0.05) is 0 Å². The molecular formula is C38H56N6O13. The topological polar surface area (TPSA) is 210 Å². The lowest BCUT2D eigenvalue weighted by Gasteiger charge is -2.33. The lowest BCUT2D eigenvalue weighted by Crippen LogP contribution is -2.53. The van der Waals surface area contributed by atoms with Crippen molar-refractivity contribution in [3.05, 3.63) is 48.5 Å². The Bertz CT molecular complexity index is 1360. The van der Waals surface area contributed by atoms with E-state index in [2.05, 4.69) is 10.6 Å². The number of carbonyl (C=O) groups excluding carboxylic acids is 2. The van der Waals surface area contributed by atoms with Crippen molar-refractivity contribution < 1.29 is 62.5 Å². The average Bonchev–Trinajstić information content (AvgIpc) is 3.19. The average molecular weight is 805 g/mol. The number of amides is 4. The lowest BCUT2D eigenvalue weighted by atomic mass is 10.3. The van der Waals surface area contributed by atoms with E-state index in [0.29, 0.717) is 75.9 Å². The van der Waals surface area contributed by atoms with Gasteiger partial charge in [-0.25, -0.2) is 9.59 Å². The van der Waals surface area contributed by atoms with Gasteiger partial charge >= 0.3 is 24.0 Å². The summed E-state index contributed by atoms with van der Waals surface area (Å²) in [5, 5.41) is 24.9. The summed E-state index contributed by atoms with van der Waals surface area (Å²) in [6, 6.07) is 13.4. The molecule has 0 unspecified atom stereocenters. The lowest BCUT2D eigenvalue weighted by molar-refractivity contribution is -0.139. The first-order valence-electron chi connectivity index (χ1n) is 19.1. The Morgan fingerprint density at radius 3 is 1.04 bits per heavy atom. The fraction of sp³-hybridized carbons (Fsp3) is 0.579. The number of carboxylic acids is 2. The highest BCUT2D eigenvalue weighted by Crippen LogP contribution is 2.18. The van der Waals surface area contributed by atoms with Crippen LogP contribution in [-0.4, -0.2) is 198 Å². The molecule has 0 radical (unpaired) electrons. The number of rotatable bonds is 4. The Kier molecular flexibility index (Phi) is 20.3. The number of benzene rings is 2. The number of nitrogens with one attached hydrogen (secondary N) is 2. The fourth-order valence-corrected chi connectivity index (χ4v) is 5.72. The Balaban J connectivity index is 1.38. The van der Waals surface area contributed by atoms with Crippen LogP contribution in [0.5, 0.6) is 23.0 Å². The van der Waals surface area contributed by atoms with E-state index in [1.165, 1.54) is 9.80 Å². The highest BCUT2D eigenvalue weighted by atomic mass is 16.6. The van der Waals surface area contributed by atoms with E-state index in [9.17, 15) is 29.4 Å². The number of aliphatic carboxylic acids is 2. The summed E-state index contributed by atoms with van der Waals surface area (Å²) < 4.78 is 39.7. The molecular weight excluding hydrogens is 748 g/mol. The molecule has 2 aromatic rings. The molecule has 316 valence electrons. The van der Waals surface area contributed by atoms with Crippen LogP contribution in [-0.2, 0) is 23.8 Å². The smallest absolute Gasteiger partial charge is 0.317 e. The van der Waals surface area contributed by atoms with Gasteiger partial charge in [0.15, 0.2) is 0 Å². The third-order valence-corrected chi connectivity index (χ3v) is 8.72. The number of hydrogen-bond donors (Lipinski definition) is 4. The number of urea groups is 2. The summed E-state index contributed by atoms with van der Waals surface area (Å²) in [7, 11) is 0. The van der Waals surface area contributed by atoms with Crippen LogP contribution in [0.15, 0.2) is 48.5 Å². The van der Waals surface area contributed by atoms with Crippen LogP contribution in [0.25, 0.3) is 0 Å². The number of hydrogen-bond acceptors (Lipinski definition) is 13. The van der Waals surface area contributed by atoms with E-state index in [-0.39, 0.29) is 91.8 Å². The van der Waals surface area contributed by atoms with Crippen molar-refractivity contribution >= 4 is 24.0 Å². The van der Waals surface area contributed by atoms with Crippen LogP contribution in [0, 0.1) is 0 Å². The van der Waals surface area contributed by atoms with E-state index >= 15 is 0 Å². The Labute approximate surface area is 332 Å². The largest absolute Gasteiger partial charge is 0.492 e. The highest BCUT2D eigenvalue weighted by molar-refractivity contribution is 5.75. The van der Waals surface area contributed by atoms with Crippen LogP contribution in [0.4, 0.5) is 9.59 Å². The number of ether oxygens (including phenoxy) is 7. The maximum absolute atomic E-state index is 13.3. The molecule has 0 atom stereocenters. The molecule has 8 aliphatic heterocycles. The number of nitrogens with zero attached hydrogens (tertiary/aromatic N) is 4. The van der Waals surface area contributed by atoms with Crippen molar-refractivity contribution in [2.75, 3.05) is 145 Å². The van der Waals surface area contributed by atoms with Gasteiger partial charge < -0.3 is 63.8 Å². The monoisotopic (exact) mass is 804 g/mol. The predicted molar refractivity (Wildman–Crippen MR) is 205 cm³/mol. The molecule has 0 aromatic heterocycles. The predicted octanol–water partition coefficient (Wildman–Crippen LogP) is 0.775. The first-order chi connectivity index (χ1) is 27.7. The zero-order valence-corrected chi connectivity index (χ0v) is 32.3. The highest BCUT2D eigenvalue weighted by Gasteiger charge is 2.23. The van der Waals surface area contributed by atoms with Gasteiger partial charge in [-0.2, -0.15) is 0 Å². The molecule has 2 aromatic carbocycles. The molecule has 0 aliphatic carbocycles. The van der Waals surface area contributed by atoms with Crippen LogP contribution >= 0.6 is 0 Å². The third-order valence-electron chi connectivity index (χ3n) is 8.72. The van der Waals surface area contributed by atoms with Crippen LogP contribution in [0.2, 0.25) is 0 Å². The van der Waals surface area contributed by atoms with Crippen LogP contribution < -0.4 is 29.6 Å². The van der Waals surface area contributed by atoms with Crippen molar-refractivity contribution in [3.8, 4) is 23.0 Å². The summed E-state index contributed by atoms with van der Waals surface area (Å²) in [6.45, 7) is 4.93. The van der Waals surface area contributed by atoms with Gasteiger partial charge in [0, 0.05) is 52.4 Å². The second-order valence-electron chi connectivity index (χ2n) is 13.0. The van der Waals surface area contributed by atoms with E-state index in [0.717, 1.165) is 0 Å².